The van der Waals surface area contributed by atoms with Gasteiger partial charge in [0.05, 0.1) is 23.3 Å². The van der Waals surface area contributed by atoms with Crippen LogP contribution < -0.4 is 10.9 Å². The van der Waals surface area contributed by atoms with Gasteiger partial charge in [0.1, 0.15) is 4.83 Å². The van der Waals surface area contributed by atoms with Crippen LogP contribution in [0.3, 0.4) is 0 Å². The van der Waals surface area contributed by atoms with Crippen LogP contribution in [-0.4, -0.2) is 34.2 Å². The van der Waals surface area contributed by atoms with E-state index in [4.69, 9.17) is 4.74 Å². The van der Waals surface area contributed by atoms with Crippen molar-refractivity contribution in [3.8, 4) is 0 Å². The first kappa shape index (κ1) is 20.6. The van der Waals surface area contributed by atoms with Crippen molar-refractivity contribution < 1.29 is 14.3 Å². The molecule has 3 aromatic rings. The molecule has 1 amide bonds. The molecule has 7 nitrogen and oxygen atoms in total. The Kier molecular flexibility index (Phi) is 6.19. The number of nitrogens with zero attached hydrogens (tertiary/aromatic N) is 1. The highest BCUT2D eigenvalue weighted by atomic mass is 32.2. The minimum Gasteiger partial charge on any atom is -0.462 e. The number of carbonyl (C=O) groups is 2. The standard InChI is InChI=1S/C21H21N3O4S2/c1-2-28-20(27)12-7-9-13(10-8-12)22-16(25)11-29-21-23-18(26)17-14-5-3-4-6-15(14)30-19(17)24-21/h7-10H,2-6,11H2,1H3,(H,22,25)(H,23,24,26). The van der Waals surface area contributed by atoms with Crippen molar-refractivity contribution >= 4 is 50.9 Å². The van der Waals surface area contributed by atoms with Gasteiger partial charge in [-0.25, -0.2) is 9.78 Å². The highest BCUT2D eigenvalue weighted by Crippen LogP contribution is 2.34. The molecule has 1 aliphatic carbocycles. The summed E-state index contributed by atoms with van der Waals surface area (Å²) in [5.74, 6) is -0.511. The molecule has 0 saturated heterocycles. The summed E-state index contributed by atoms with van der Waals surface area (Å²) < 4.78 is 4.94. The molecular weight excluding hydrogens is 422 g/mol. The molecule has 1 aliphatic rings. The average Bonchev–Trinajstić information content (AvgIpc) is 3.12. The Hall–Kier alpha value is -2.65. The smallest absolute Gasteiger partial charge is 0.338 e. The molecule has 2 aromatic heterocycles. The lowest BCUT2D eigenvalue weighted by Gasteiger charge is -2.09. The minimum absolute atomic E-state index is 0.110. The molecule has 1 aromatic carbocycles. The number of carbonyl (C=O) groups excluding carboxylic acids is 2. The number of rotatable bonds is 6. The fourth-order valence-electron chi connectivity index (χ4n) is 3.45. The summed E-state index contributed by atoms with van der Waals surface area (Å²) in [5.41, 5.74) is 2.03. The van der Waals surface area contributed by atoms with Crippen molar-refractivity contribution in [2.45, 2.75) is 37.8 Å². The SMILES string of the molecule is CCOC(=O)c1ccc(NC(=O)CSc2nc3sc4c(c3c(=O)[nH]2)CCCC4)cc1. The van der Waals surface area contributed by atoms with E-state index in [2.05, 4.69) is 15.3 Å². The van der Waals surface area contributed by atoms with Gasteiger partial charge in [0, 0.05) is 10.6 Å². The van der Waals surface area contributed by atoms with Crippen molar-refractivity contribution in [3.05, 3.63) is 50.6 Å². The highest BCUT2D eigenvalue weighted by molar-refractivity contribution is 7.99. The van der Waals surface area contributed by atoms with E-state index in [1.54, 1.807) is 42.5 Å². The van der Waals surface area contributed by atoms with Gasteiger partial charge < -0.3 is 15.0 Å². The van der Waals surface area contributed by atoms with E-state index in [0.29, 0.717) is 28.4 Å². The third-order valence-electron chi connectivity index (χ3n) is 4.82. The second-order valence-corrected chi connectivity index (χ2v) is 8.94. The van der Waals surface area contributed by atoms with Gasteiger partial charge >= 0.3 is 5.97 Å². The zero-order valence-corrected chi connectivity index (χ0v) is 18.1. The van der Waals surface area contributed by atoms with Gasteiger partial charge in [-0.2, -0.15) is 0 Å². The topological polar surface area (TPSA) is 101 Å². The maximum Gasteiger partial charge on any atom is 0.338 e. The number of fused-ring (bicyclic) bond motifs is 3. The van der Waals surface area contributed by atoms with Crippen LogP contribution in [0.15, 0.2) is 34.2 Å². The Labute approximate surface area is 181 Å². The quantitative estimate of drug-likeness (QED) is 0.342. The van der Waals surface area contributed by atoms with E-state index in [9.17, 15) is 14.4 Å². The van der Waals surface area contributed by atoms with Crippen LogP contribution in [0.2, 0.25) is 0 Å². The average molecular weight is 444 g/mol. The molecule has 9 heteroatoms. The minimum atomic E-state index is -0.397. The molecule has 0 atom stereocenters. The number of thiophene rings is 1. The van der Waals surface area contributed by atoms with E-state index in [1.807, 2.05) is 0 Å². The predicted molar refractivity (Wildman–Crippen MR) is 119 cm³/mol. The van der Waals surface area contributed by atoms with E-state index < -0.39 is 5.97 Å². The fourth-order valence-corrected chi connectivity index (χ4v) is 5.43. The van der Waals surface area contributed by atoms with Crippen LogP contribution in [0.25, 0.3) is 10.2 Å². The molecule has 30 heavy (non-hydrogen) atoms. The summed E-state index contributed by atoms with van der Waals surface area (Å²) in [5, 5.41) is 3.93. The molecule has 4 rings (SSSR count). The largest absolute Gasteiger partial charge is 0.462 e. The van der Waals surface area contributed by atoms with E-state index in [1.165, 1.54) is 16.6 Å². The lowest BCUT2D eigenvalue weighted by atomic mass is 9.97. The third-order valence-corrected chi connectivity index (χ3v) is 6.88. The number of nitrogens with one attached hydrogen (secondary N) is 2. The van der Waals surface area contributed by atoms with Gasteiger partial charge in [0.25, 0.3) is 5.56 Å². The molecule has 0 bridgehead atoms. The van der Waals surface area contributed by atoms with Crippen molar-refractivity contribution in [1.82, 2.24) is 9.97 Å². The molecule has 0 saturated carbocycles. The number of H-pyrrole nitrogens is 1. The maximum absolute atomic E-state index is 12.6. The molecule has 156 valence electrons. The van der Waals surface area contributed by atoms with Crippen LogP contribution in [0.1, 0.15) is 40.6 Å². The van der Waals surface area contributed by atoms with Gasteiger partial charge in [0.2, 0.25) is 5.91 Å². The van der Waals surface area contributed by atoms with Gasteiger partial charge in [-0.3, -0.25) is 9.59 Å². The lowest BCUT2D eigenvalue weighted by Crippen LogP contribution is -2.16. The van der Waals surface area contributed by atoms with Crippen LogP contribution in [0, 0.1) is 0 Å². The number of aryl methyl sites for hydroxylation is 2. The zero-order valence-electron chi connectivity index (χ0n) is 16.4. The molecule has 2 heterocycles. The number of hydrogen-bond donors (Lipinski definition) is 2. The highest BCUT2D eigenvalue weighted by Gasteiger charge is 2.20. The molecule has 0 aliphatic heterocycles. The van der Waals surface area contributed by atoms with Crippen LogP contribution in [0.4, 0.5) is 5.69 Å². The summed E-state index contributed by atoms with van der Waals surface area (Å²) in [6, 6.07) is 6.51. The molecule has 2 N–H and O–H groups in total. The number of anilines is 1. The molecule has 0 unspecified atom stereocenters. The number of aromatic amines is 1. The summed E-state index contributed by atoms with van der Waals surface area (Å²) >= 11 is 2.78. The Morgan fingerprint density at radius 1 is 1.23 bits per heavy atom. The molecular formula is C21H21N3O4S2. The van der Waals surface area contributed by atoms with Gasteiger partial charge in [0.15, 0.2) is 5.16 Å². The number of benzene rings is 1. The second-order valence-electron chi connectivity index (χ2n) is 6.90. The number of hydrogen-bond acceptors (Lipinski definition) is 7. The Morgan fingerprint density at radius 2 is 2.00 bits per heavy atom. The predicted octanol–water partition coefficient (Wildman–Crippen LogP) is 3.77. The van der Waals surface area contributed by atoms with Crippen LogP contribution in [-0.2, 0) is 22.4 Å². The van der Waals surface area contributed by atoms with E-state index in [-0.39, 0.29) is 17.2 Å². The lowest BCUT2D eigenvalue weighted by molar-refractivity contribution is -0.113. The summed E-state index contributed by atoms with van der Waals surface area (Å²) in [7, 11) is 0. The Morgan fingerprint density at radius 3 is 2.77 bits per heavy atom. The number of amides is 1. The first-order valence-electron chi connectivity index (χ1n) is 9.79. The van der Waals surface area contributed by atoms with Crippen LogP contribution >= 0.6 is 23.1 Å². The zero-order chi connectivity index (χ0) is 21.1. The summed E-state index contributed by atoms with van der Waals surface area (Å²) in [4.78, 5) is 45.9. The van der Waals surface area contributed by atoms with Crippen LogP contribution in [0.5, 0.6) is 0 Å². The monoisotopic (exact) mass is 443 g/mol. The first-order valence-corrected chi connectivity index (χ1v) is 11.6. The Balaban J connectivity index is 1.39. The fraction of sp³-hybridized carbons (Fsp3) is 0.333. The van der Waals surface area contributed by atoms with E-state index in [0.717, 1.165) is 36.1 Å². The summed E-state index contributed by atoms with van der Waals surface area (Å²) in [6.45, 7) is 2.06. The molecule has 0 fully saturated rings. The second kappa shape index (κ2) is 9.01. The van der Waals surface area contributed by atoms with Gasteiger partial charge in [-0.05, 0) is 62.4 Å². The van der Waals surface area contributed by atoms with Crippen molar-refractivity contribution in [2.24, 2.45) is 0 Å². The number of ether oxygens (including phenoxy) is 1. The van der Waals surface area contributed by atoms with Crippen molar-refractivity contribution in [2.75, 3.05) is 17.7 Å². The Bertz CT molecular complexity index is 1150. The van der Waals surface area contributed by atoms with Gasteiger partial charge in [-0.15, -0.1) is 11.3 Å². The number of thioether (sulfide) groups is 1. The molecule has 0 radical (unpaired) electrons. The third kappa shape index (κ3) is 4.41. The maximum atomic E-state index is 12.6. The first-order chi connectivity index (χ1) is 14.5. The molecule has 0 spiro atoms. The number of esters is 1. The normalized spacial score (nSPS) is 13.1. The number of aromatic nitrogens is 2. The van der Waals surface area contributed by atoms with Crippen molar-refractivity contribution in [1.29, 1.82) is 0 Å². The summed E-state index contributed by atoms with van der Waals surface area (Å²) in [6.07, 6.45) is 4.20. The van der Waals surface area contributed by atoms with Gasteiger partial charge in [-0.1, -0.05) is 11.8 Å². The van der Waals surface area contributed by atoms with E-state index >= 15 is 0 Å². The van der Waals surface area contributed by atoms with Crippen molar-refractivity contribution in [3.63, 3.8) is 0 Å².